The van der Waals surface area contributed by atoms with E-state index in [1.54, 1.807) is 13.8 Å². The second kappa shape index (κ2) is 10.1. The van der Waals surface area contributed by atoms with Gasteiger partial charge in [0.2, 0.25) is 15.9 Å². The smallest absolute Gasteiger partial charge is 0.257 e. The van der Waals surface area contributed by atoms with Gasteiger partial charge in [-0.05, 0) is 18.1 Å². The number of carbonyl (C=O) groups excluding carboxylic acids is 2. The van der Waals surface area contributed by atoms with Gasteiger partial charge in [0.25, 0.3) is 5.91 Å². The van der Waals surface area contributed by atoms with E-state index in [9.17, 15) is 26.8 Å². The van der Waals surface area contributed by atoms with Crippen molar-refractivity contribution in [3.63, 3.8) is 0 Å². The number of hydrogen-bond donors (Lipinski definition) is 2. The van der Waals surface area contributed by atoms with Gasteiger partial charge < -0.3 is 15.4 Å². The summed E-state index contributed by atoms with van der Waals surface area (Å²) in [6, 6.07) is 1.92. The van der Waals surface area contributed by atoms with E-state index in [4.69, 9.17) is 4.74 Å². The van der Waals surface area contributed by atoms with Crippen molar-refractivity contribution in [2.75, 3.05) is 38.6 Å². The van der Waals surface area contributed by atoms with Crippen LogP contribution < -0.4 is 10.6 Å². The Bertz CT molecular complexity index is 822. The third kappa shape index (κ3) is 6.18. The van der Waals surface area contributed by atoms with Crippen LogP contribution in [-0.2, 0) is 19.6 Å². The average Bonchev–Trinajstić information content (AvgIpc) is 2.66. The molecule has 1 fully saturated rings. The summed E-state index contributed by atoms with van der Waals surface area (Å²) < 4.78 is 58.5. The molecule has 0 saturated carbocycles. The number of nitrogens with zero attached hydrogens (tertiary/aromatic N) is 1. The first-order chi connectivity index (χ1) is 13.6. The maximum Gasteiger partial charge on any atom is 0.257 e. The van der Waals surface area contributed by atoms with Gasteiger partial charge in [0.15, 0.2) is 0 Å². The predicted molar refractivity (Wildman–Crippen MR) is 102 cm³/mol. The molecule has 1 unspecified atom stereocenters. The van der Waals surface area contributed by atoms with Crippen molar-refractivity contribution >= 4 is 21.8 Å². The first kappa shape index (κ1) is 23.2. The summed E-state index contributed by atoms with van der Waals surface area (Å²) in [4.78, 5) is 24.7. The Morgan fingerprint density at radius 1 is 1.17 bits per heavy atom. The first-order valence-electron chi connectivity index (χ1n) is 9.21. The van der Waals surface area contributed by atoms with E-state index in [2.05, 4.69) is 10.6 Å². The summed E-state index contributed by atoms with van der Waals surface area (Å²) >= 11 is 0. The highest BCUT2D eigenvalue weighted by Gasteiger charge is 2.28. The Balaban J connectivity index is 1.96. The van der Waals surface area contributed by atoms with Gasteiger partial charge in [-0.15, -0.1) is 0 Å². The van der Waals surface area contributed by atoms with E-state index in [0.717, 1.165) is 18.2 Å². The second-order valence-corrected chi connectivity index (χ2v) is 9.00. The van der Waals surface area contributed by atoms with Gasteiger partial charge in [-0.1, -0.05) is 19.9 Å². The van der Waals surface area contributed by atoms with Crippen LogP contribution in [0.15, 0.2) is 18.2 Å². The Morgan fingerprint density at radius 2 is 1.76 bits per heavy atom. The number of rotatable bonds is 8. The Labute approximate surface area is 168 Å². The Morgan fingerprint density at radius 3 is 2.31 bits per heavy atom. The molecule has 0 radical (unpaired) electrons. The fraction of sp³-hybridized carbons (Fsp3) is 0.556. The molecule has 1 heterocycles. The number of carbonyl (C=O) groups is 2. The van der Waals surface area contributed by atoms with Gasteiger partial charge in [-0.25, -0.2) is 17.2 Å². The van der Waals surface area contributed by atoms with Gasteiger partial charge in [0.05, 0.1) is 19.0 Å². The topological polar surface area (TPSA) is 105 Å². The molecule has 2 amide bonds. The molecule has 1 aliphatic heterocycles. The normalized spacial score (nSPS) is 16.4. The molecule has 0 aromatic heterocycles. The number of ether oxygens (including phenoxy) is 1. The molecular weight excluding hydrogens is 408 g/mol. The van der Waals surface area contributed by atoms with Crippen molar-refractivity contribution in [3.05, 3.63) is 35.4 Å². The van der Waals surface area contributed by atoms with Crippen molar-refractivity contribution in [1.82, 2.24) is 14.9 Å². The molecule has 8 nitrogen and oxygen atoms in total. The number of benzene rings is 1. The lowest BCUT2D eigenvalue weighted by atomic mass is 10.0. The van der Waals surface area contributed by atoms with E-state index in [1.165, 1.54) is 4.31 Å². The first-order valence-corrected chi connectivity index (χ1v) is 10.8. The van der Waals surface area contributed by atoms with Crippen LogP contribution in [0.3, 0.4) is 0 Å². The van der Waals surface area contributed by atoms with Gasteiger partial charge >= 0.3 is 0 Å². The van der Waals surface area contributed by atoms with E-state index in [-0.39, 0.29) is 25.4 Å². The molecule has 0 spiro atoms. The zero-order valence-corrected chi connectivity index (χ0v) is 17.1. The van der Waals surface area contributed by atoms with Crippen LogP contribution in [0.1, 0.15) is 24.2 Å². The lowest BCUT2D eigenvalue weighted by Gasteiger charge is -2.26. The molecule has 1 saturated heterocycles. The highest BCUT2D eigenvalue weighted by Crippen LogP contribution is 2.13. The standard InChI is InChI=1S/C18H25F2N3O5S/c1-12(2)16(22-17(24)15-13(19)4-3-5-14(15)20)18(25)21-6-11-29(26,27)23-7-9-28-10-8-23/h3-5,12,16H,6-11H2,1-2H3,(H,21,25)(H,22,24). The molecule has 1 aromatic rings. The summed E-state index contributed by atoms with van der Waals surface area (Å²) in [5.41, 5.74) is -0.777. The van der Waals surface area contributed by atoms with Crippen molar-refractivity contribution in [2.24, 2.45) is 5.92 Å². The molecular formula is C18H25F2N3O5S. The molecule has 1 aromatic carbocycles. The average molecular weight is 433 g/mol. The van der Waals surface area contributed by atoms with Crippen LogP contribution in [0.5, 0.6) is 0 Å². The fourth-order valence-corrected chi connectivity index (χ4v) is 4.15. The Kier molecular flexibility index (Phi) is 8.05. The monoisotopic (exact) mass is 433 g/mol. The molecule has 1 aliphatic rings. The van der Waals surface area contributed by atoms with Crippen molar-refractivity contribution in [3.8, 4) is 0 Å². The van der Waals surface area contributed by atoms with Gasteiger partial charge in [-0.2, -0.15) is 4.31 Å². The van der Waals surface area contributed by atoms with E-state index < -0.39 is 51.0 Å². The minimum atomic E-state index is -3.55. The summed E-state index contributed by atoms with van der Waals surface area (Å²) in [5.74, 6) is -4.48. The van der Waals surface area contributed by atoms with Crippen LogP contribution in [-0.4, -0.2) is 69.2 Å². The van der Waals surface area contributed by atoms with Crippen LogP contribution in [0.2, 0.25) is 0 Å². The largest absolute Gasteiger partial charge is 0.379 e. The second-order valence-electron chi connectivity index (χ2n) is 6.91. The number of hydrogen-bond acceptors (Lipinski definition) is 5. The van der Waals surface area contributed by atoms with Crippen molar-refractivity contribution < 1.29 is 31.5 Å². The van der Waals surface area contributed by atoms with E-state index in [1.807, 2.05) is 0 Å². The molecule has 29 heavy (non-hydrogen) atoms. The highest BCUT2D eigenvalue weighted by atomic mass is 32.2. The van der Waals surface area contributed by atoms with Gasteiger partial charge in [0.1, 0.15) is 23.2 Å². The zero-order valence-electron chi connectivity index (χ0n) is 16.3. The molecule has 2 rings (SSSR count). The van der Waals surface area contributed by atoms with Crippen LogP contribution in [0, 0.1) is 17.6 Å². The van der Waals surface area contributed by atoms with Crippen LogP contribution in [0.4, 0.5) is 8.78 Å². The lowest BCUT2D eigenvalue weighted by molar-refractivity contribution is -0.123. The minimum absolute atomic E-state index is 0.161. The number of morpholine rings is 1. The van der Waals surface area contributed by atoms with Crippen LogP contribution in [0.25, 0.3) is 0 Å². The molecule has 1 atom stereocenters. The molecule has 0 aliphatic carbocycles. The van der Waals surface area contributed by atoms with Crippen molar-refractivity contribution in [1.29, 1.82) is 0 Å². The fourth-order valence-electron chi connectivity index (χ4n) is 2.83. The number of amides is 2. The molecule has 11 heteroatoms. The van der Waals surface area contributed by atoms with E-state index >= 15 is 0 Å². The molecule has 2 N–H and O–H groups in total. The van der Waals surface area contributed by atoms with Gasteiger partial charge in [-0.3, -0.25) is 9.59 Å². The van der Waals surface area contributed by atoms with Gasteiger partial charge in [0, 0.05) is 19.6 Å². The summed E-state index contributed by atoms with van der Waals surface area (Å²) in [7, 11) is -3.55. The number of nitrogens with one attached hydrogen (secondary N) is 2. The predicted octanol–water partition coefficient (Wildman–Crippen LogP) is 0.497. The number of halogens is 2. The highest BCUT2D eigenvalue weighted by molar-refractivity contribution is 7.89. The summed E-state index contributed by atoms with van der Waals surface area (Å²) in [6.45, 7) is 4.29. The summed E-state index contributed by atoms with van der Waals surface area (Å²) in [6.07, 6.45) is 0. The maximum atomic E-state index is 13.8. The SMILES string of the molecule is CC(C)C(NC(=O)c1c(F)cccc1F)C(=O)NCCS(=O)(=O)N1CCOCC1. The third-order valence-corrected chi connectivity index (χ3v) is 6.32. The summed E-state index contributed by atoms with van der Waals surface area (Å²) in [5, 5.41) is 4.78. The zero-order chi connectivity index (χ0) is 21.6. The molecule has 0 bridgehead atoms. The molecule has 162 valence electrons. The Hall–Kier alpha value is -2.11. The van der Waals surface area contributed by atoms with E-state index in [0.29, 0.717) is 13.2 Å². The quantitative estimate of drug-likeness (QED) is 0.621. The minimum Gasteiger partial charge on any atom is -0.379 e. The maximum absolute atomic E-state index is 13.8. The van der Waals surface area contributed by atoms with Crippen molar-refractivity contribution in [2.45, 2.75) is 19.9 Å². The van der Waals surface area contributed by atoms with Crippen LogP contribution >= 0.6 is 0 Å². The number of sulfonamides is 1. The third-order valence-electron chi connectivity index (χ3n) is 4.45. The lowest BCUT2D eigenvalue weighted by Crippen LogP contribution is -2.51.